The van der Waals surface area contributed by atoms with E-state index in [1.54, 1.807) is 43.1 Å². The van der Waals surface area contributed by atoms with E-state index in [-0.39, 0.29) is 11.5 Å². The number of hydrogen-bond acceptors (Lipinski definition) is 6. The molecule has 4 heterocycles. The Bertz CT molecular complexity index is 723. The third kappa shape index (κ3) is 3.32. The predicted octanol–water partition coefficient (Wildman–Crippen LogP) is 1.38. The van der Waals surface area contributed by atoms with E-state index in [2.05, 4.69) is 19.9 Å². The number of pyridine rings is 1. The van der Waals surface area contributed by atoms with Gasteiger partial charge in [0.15, 0.2) is 0 Å². The van der Waals surface area contributed by atoms with Gasteiger partial charge in [-0.25, -0.2) is 4.98 Å². The van der Waals surface area contributed by atoms with Crippen LogP contribution in [0.2, 0.25) is 0 Å². The highest BCUT2D eigenvalue weighted by molar-refractivity contribution is 5.94. The number of aromatic nitrogens is 3. The first-order valence-corrected chi connectivity index (χ1v) is 8.60. The molecule has 2 fully saturated rings. The van der Waals surface area contributed by atoms with Crippen LogP contribution >= 0.6 is 0 Å². The van der Waals surface area contributed by atoms with E-state index in [0.29, 0.717) is 25.3 Å². The fourth-order valence-corrected chi connectivity index (χ4v) is 3.69. The molecule has 1 amide bonds. The molecule has 0 saturated carbocycles. The van der Waals surface area contributed by atoms with E-state index in [9.17, 15) is 4.79 Å². The molecule has 1 atom stereocenters. The van der Waals surface area contributed by atoms with E-state index in [0.717, 1.165) is 31.7 Å². The minimum absolute atomic E-state index is 0.0432. The molecular formula is C18H21N5O2. The van der Waals surface area contributed by atoms with E-state index < -0.39 is 0 Å². The Kier molecular flexibility index (Phi) is 4.31. The molecule has 2 aliphatic rings. The van der Waals surface area contributed by atoms with Crippen LogP contribution in [-0.2, 0) is 4.74 Å². The van der Waals surface area contributed by atoms with Gasteiger partial charge in [-0.2, -0.15) is 0 Å². The molecule has 7 heteroatoms. The maximum atomic E-state index is 12.8. The van der Waals surface area contributed by atoms with Gasteiger partial charge in [0, 0.05) is 43.4 Å². The molecule has 130 valence electrons. The van der Waals surface area contributed by atoms with Gasteiger partial charge in [0.2, 0.25) is 0 Å². The van der Waals surface area contributed by atoms with Crippen molar-refractivity contribution in [1.82, 2.24) is 19.9 Å². The van der Waals surface area contributed by atoms with Gasteiger partial charge in [0.05, 0.1) is 25.9 Å². The molecular weight excluding hydrogens is 318 g/mol. The highest BCUT2D eigenvalue weighted by Gasteiger charge is 2.42. The molecule has 2 aromatic heterocycles. The standard InChI is InChI=1S/C18H21N5O2/c24-17(15-2-5-19-6-3-15)23-10-11-25-18(14-23)4-1-9-22(13-18)16-12-20-7-8-21-16/h2-3,5-8,12H,1,4,9-11,13-14H2/t18-/m0/s1. The second kappa shape index (κ2) is 6.76. The Hall–Kier alpha value is -2.54. The molecule has 0 aromatic carbocycles. The molecule has 0 aliphatic carbocycles. The SMILES string of the molecule is O=C(c1ccncc1)N1CCO[C@]2(CCCN(c3cnccn3)C2)C1. The summed E-state index contributed by atoms with van der Waals surface area (Å²) >= 11 is 0. The number of carbonyl (C=O) groups excluding carboxylic acids is 1. The van der Waals surface area contributed by atoms with Crippen molar-refractivity contribution in [3.05, 3.63) is 48.7 Å². The Morgan fingerprint density at radius 3 is 2.76 bits per heavy atom. The van der Waals surface area contributed by atoms with Gasteiger partial charge in [-0.05, 0) is 25.0 Å². The van der Waals surface area contributed by atoms with Crippen LogP contribution in [0, 0.1) is 0 Å². The van der Waals surface area contributed by atoms with Crippen LogP contribution in [0.4, 0.5) is 5.82 Å². The first kappa shape index (κ1) is 16.0. The lowest BCUT2D eigenvalue weighted by Crippen LogP contribution is -2.61. The van der Waals surface area contributed by atoms with Crippen LogP contribution < -0.4 is 4.90 Å². The van der Waals surface area contributed by atoms with Crippen molar-refractivity contribution in [2.45, 2.75) is 18.4 Å². The average molecular weight is 339 g/mol. The molecule has 0 radical (unpaired) electrons. The molecule has 1 spiro atoms. The van der Waals surface area contributed by atoms with Crippen molar-refractivity contribution >= 4 is 11.7 Å². The Balaban J connectivity index is 1.51. The maximum Gasteiger partial charge on any atom is 0.254 e. The summed E-state index contributed by atoms with van der Waals surface area (Å²) in [6.45, 7) is 3.44. The Morgan fingerprint density at radius 1 is 1.08 bits per heavy atom. The summed E-state index contributed by atoms with van der Waals surface area (Å²) in [5.74, 6) is 0.907. The number of amides is 1. The summed E-state index contributed by atoms with van der Waals surface area (Å²) in [4.78, 5) is 29.4. The molecule has 0 bridgehead atoms. The lowest BCUT2D eigenvalue weighted by Gasteiger charge is -2.48. The van der Waals surface area contributed by atoms with Crippen molar-refractivity contribution in [3.8, 4) is 0 Å². The van der Waals surface area contributed by atoms with Crippen molar-refractivity contribution < 1.29 is 9.53 Å². The highest BCUT2D eigenvalue weighted by atomic mass is 16.5. The highest BCUT2D eigenvalue weighted by Crippen LogP contribution is 2.31. The molecule has 0 unspecified atom stereocenters. The fourth-order valence-electron chi connectivity index (χ4n) is 3.69. The largest absolute Gasteiger partial charge is 0.369 e. The fraction of sp³-hybridized carbons (Fsp3) is 0.444. The summed E-state index contributed by atoms with van der Waals surface area (Å²) in [7, 11) is 0. The third-order valence-corrected chi connectivity index (χ3v) is 4.88. The van der Waals surface area contributed by atoms with Crippen molar-refractivity contribution in [2.75, 3.05) is 37.7 Å². The lowest BCUT2D eigenvalue weighted by molar-refractivity contribution is -0.105. The number of morpholine rings is 1. The average Bonchev–Trinajstić information content (AvgIpc) is 2.69. The zero-order chi connectivity index (χ0) is 17.1. The number of anilines is 1. The topological polar surface area (TPSA) is 71.5 Å². The maximum absolute atomic E-state index is 12.8. The second-order valence-corrected chi connectivity index (χ2v) is 6.58. The summed E-state index contributed by atoms with van der Waals surface area (Å²) in [6.07, 6.45) is 10.4. The first-order chi connectivity index (χ1) is 12.3. The molecule has 2 aliphatic heterocycles. The second-order valence-electron chi connectivity index (χ2n) is 6.58. The number of hydrogen-bond donors (Lipinski definition) is 0. The predicted molar refractivity (Wildman–Crippen MR) is 92.3 cm³/mol. The third-order valence-electron chi connectivity index (χ3n) is 4.88. The Morgan fingerprint density at radius 2 is 1.96 bits per heavy atom. The first-order valence-electron chi connectivity index (χ1n) is 8.60. The van der Waals surface area contributed by atoms with Crippen LogP contribution in [-0.4, -0.2) is 64.1 Å². The molecule has 7 nitrogen and oxygen atoms in total. The molecule has 2 saturated heterocycles. The van der Waals surface area contributed by atoms with Gasteiger partial charge in [0.25, 0.3) is 5.91 Å². The van der Waals surface area contributed by atoms with Gasteiger partial charge < -0.3 is 14.5 Å². The minimum atomic E-state index is -0.337. The minimum Gasteiger partial charge on any atom is -0.369 e. The van der Waals surface area contributed by atoms with Gasteiger partial charge in [-0.15, -0.1) is 0 Å². The van der Waals surface area contributed by atoms with E-state index in [4.69, 9.17) is 4.74 Å². The van der Waals surface area contributed by atoms with E-state index in [1.807, 2.05) is 4.90 Å². The number of ether oxygens (including phenoxy) is 1. The van der Waals surface area contributed by atoms with Crippen LogP contribution in [0.5, 0.6) is 0 Å². The zero-order valence-corrected chi connectivity index (χ0v) is 14.0. The van der Waals surface area contributed by atoms with Gasteiger partial charge >= 0.3 is 0 Å². The molecule has 2 aromatic rings. The van der Waals surface area contributed by atoms with Gasteiger partial charge in [-0.1, -0.05) is 0 Å². The number of nitrogens with zero attached hydrogens (tertiary/aromatic N) is 5. The van der Waals surface area contributed by atoms with Crippen molar-refractivity contribution in [1.29, 1.82) is 0 Å². The number of rotatable bonds is 2. The monoisotopic (exact) mass is 339 g/mol. The number of carbonyl (C=O) groups is 1. The lowest BCUT2D eigenvalue weighted by atomic mass is 9.90. The van der Waals surface area contributed by atoms with Gasteiger partial charge in [-0.3, -0.25) is 14.8 Å². The number of piperidine rings is 1. The Labute approximate surface area is 146 Å². The van der Waals surface area contributed by atoms with Crippen molar-refractivity contribution in [3.63, 3.8) is 0 Å². The molecule has 25 heavy (non-hydrogen) atoms. The molecule has 0 N–H and O–H groups in total. The van der Waals surface area contributed by atoms with E-state index in [1.165, 1.54) is 0 Å². The van der Waals surface area contributed by atoms with E-state index >= 15 is 0 Å². The van der Waals surface area contributed by atoms with Crippen LogP contribution in [0.1, 0.15) is 23.2 Å². The zero-order valence-electron chi connectivity index (χ0n) is 14.0. The summed E-state index contributed by atoms with van der Waals surface area (Å²) < 4.78 is 6.18. The van der Waals surface area contributed by atoms with Crippen molar-refractivity contribution in [2.24, 2.45) is 0 Å². The molecule has 4 rings (SSSR count). The summed E-state index contributed by atoms with van der Waals surface area (Å²) in [6, 6.07) is 3.52. The smallest absolute Gasteiger partial charge is 0.254 e. The summed E-state index contributed by atoms with van der Waals surface area (Å²) in [5, 5.41) is 0. The van der Waals surface area contributed by atoms with Crippen LogP contribution in [0.25, 0.3) is 0 Å². The normalized spacial score (nSPS) is 23.7. The van der Waals surface area contributed by atoms with Gasteiger partial charge in [0.1, 0.15) is 11.4 Å². The van der Waals surface area contributed by atoms with Crippen LogP contribution in [0.15, 0.2) is 43.1 Å². The summed E-state index contributed by atoms with van der Waals surface area (Å²) in [5.41, 5.74) is 0.338. The quantitative estimate of drug-likeness (QED) is 0.823. The van der Waals surface area contributed by atoms with Crippen LogP contribution in [0.3, 0.4) is 0 Å².